The number of hydrogen-bond donors (Lipinski definition) is 1. The summed E-state index contributed by atoms with van der Waals surface area (Å²) in [4.78, 5) is 0. The van der Waals surface area contributed by atoms with Gasteiger partial charge in [0.25, 0.3) is 0 Å². The number of nitrogens with two attached hydrogens (primary N) is 1. The molecule has 1 aromatic carbocycles. The molecule has 2 aliphatic rings. The van der Waals surface area contributed by atoms with E-state index >= 15 is 0 Å². The Morgan fingerprint density at radius 2 is 1.93 bits per heavy atom. The van der Waals surface area contributed by atoms with Crippen LogP contribution in [0.2, 0.25) is 5.02 Å². The van der Waals surface area contributed by atoms with Gasteiger partial charge in [-0.1, -0.05) is 11.6 Å². The number of benzene rings is 1. The van der Waals surface area contributed by atoms with E-state index in [2.05, 4.69) is 0 Å². The summed E-state index contributed by atoms with van der Waals surface area (Å²) in [5, 5.41) is 0.679. The van der Waals surface area contributed by atoms with E-state index in [1.54, 1.807) is 6.07 Å². The second-order valence-corrected chi connectivity index (χ2v) is 4.50. The zero-order chi connectivity index (χ0) is 10.4. The highest BCUT2D eigenvalue weighted by Gasteiger charge is 2.32. The summed E-state index contributed by atoms with van der Waals surface area (Å²) < 4.78 is 10.6. The lowest BCUT2D eigenvalue weighted by Gasteiger charge is -2.13. The summed E-state index contributed by atoms with van der Waals surface area (Å²) >= 11 is 6.16. The third-order valence-corrected chi connectivity index (χ3v) is 3.31. The van der Waals surface area contributed by atoms with E-state index in [1.165, 1.54) is 12.8 Å². The fourth-order valence-corrected chi connectivity index (χ4v) is 2.18. The van der Waals surface area contributed by atoms with Crippen molar-refractivity contribution in [1.82, 2.24) is 0 Å². The van der Waals surface area contributed by atoms with Crippen molar-refractivity contribution in [2.24, 2.45) is 11.7 Å². The number of ether oxygens (including phenoxy) is 2. The molecule has 0 bridgehead atoms. The van der Waals surface area contributed by atoms with E-state index in [1.807, 2.05) is 6.07 Å². The molecule has 0 radical (unpaired) electrons. The van der Waals surface area contributed by atoms with Gasteiger partial charge in [0.15, 0.2) is 11.5 Å². The van der Waals surface area contributed by atoms with Crippen LogP contribution in [0.4, 0.5) is 0 Å². The summed E-state index contributed by atoms with van der Waals surface area (Å²) in [6.45, 7) is 0.272. The van der Waals surface area contributed by atoms with Crippen LogP contribution in [0.25, 0.3) is 0 Å². The molecule has 1 aromatic rings. The van der Waals surface area contributed by atoms with Crippen LogP contribution in [-0.2, 0) is 0 Å². The zero-order valence-corrected chi connectivity index (χ0v) is 8.96. The number of halogens is 1. The van der Waals surface area contributed by atoms with Gasteiger partial charge >= 0.3 is 0 Å². The van der Waals surface area contributed by atoms with E-state index in [9.17, 15) is 0 Å². The van der Waals surface area contributed by atoms with Crippen LogP contribution in [-0.4, -0.2) is 6.79 Å². The molecule has 1 aliphatic carbocycles. The first kappa shape index (κ1) is 9.31. The minimum absolute atomic E-state index is 0.0343. The number of fused-ring (bicyclic) bond motifs is 1. The molecule has 1 atom stereocenters. The van der Waals surface area contributed by atoms with Gasteiger partial charge in [0.2, 0.25) is 6.79 Å². The monoisotopic (exact) mass is 225 g/mol. The van der Waals surface area contributed by atoms with Crippen molar-refractivity contribution in [2.45, 2.75) is 18.9 Å². The van der Waals surface area contributed by atoms with Crippen LogP contribution >= 0.6 is 11.6 Å². The Morgan fingerprint density at radius 1 is 1.27 bits per heavy atom. The third-order valence-electron chi connectivity index (χ3n) is 2.98. The first-order valence-electron chi connectivity index (χ1n) is 5.10. The van der Waals surface area contributed by atoms with Crippen LogP contribution in [0.5, 0.6) is 11.5 Å². The predicted molar refractivity (Wildman–Crippen MR) is 57.2 cm³/mol. The Bertz CT molecular complexity index is 404. The lowest BCUT2D eigenvalue weighted by Crippen LogP contribution is -2.12. The quantitative estimate of drug-likeness (QED) is 0.841. The fourth-order valence-electron chi connectivity index (χ4n) is 1.90. The highest BCUT2D eigenvalue weighted by molar-refractivity contribution is 6.31. The van der Waals surface area contributed by atoms with Crippen LogP contribution in [0.1, 0.15) is 24.4 Å². The minimum Gasteiger partial charge on any atom is -0.454 e. The molecule has 4 heteroatoms. The van der Waals surface area contributed by atoms with Crippen LogP contribution in [0.15, 0.2) is 12.1 Å². The average Bonchev–Trinajstić information content (AvgIpc) is 2.97. The molecule has 1 aliphatic heterocycles. The van der Waals surface area contributed by atoms with Crippen molar-refractivity contribution in [3.63, 3.8) is 0 Å². The van der Waals surface area contributed by atoms with Crippen LogP contribution in [0, 0.1) is 5.92 Å². The fraction of sp³-hybridized carbons (Fsp3) is 0.455. The molecular formula is C11H12ClNO2. The molecule has 0 amide bonds. The second-order valence-electron chi connectivity index (χ2n) is 4.09. The number of rotatable bonds is 2. The first-order chi connectivity index (χ1) is 7.25. The predicted octanol–water partition coefficient (Wildman–Crippen LogP) is 2.48. The zero-order valence-electron chi connectivity index (χ0n) is 8.20. The average molecular weight is 226 g/mol. The molecule has 1 fully saturated rings. The lowest BCUT2D eigenvalue weighted by atomic mass is 10.0. The lowest BCUT2D eigenvalue weighted by molar-refractivity contribution is 0.174. The topological polar surface area (TPSA) is 44.5 Å². The summed E-state index contributed by atoms with van der Waals surface area (Å²) in [6, 6.07) is 3.74. The first-order valence-corrected chi connectivity index (χ1v) is 5.48. The Balaban J connectivity index is 1.99. The summed E-state index contributed by atoms with van der Waals surface area (Å²) in [5.41, 5.74) is 7.09. The second kappa shape index (κ2) is 3.29. The molecular weight excluding hydrogens is 214 g/mol. The van der Waals surface area contributed by atoms with Gasteiger partial charge in [-0.15, -0.1) is 0 Å². The molecule has 1 saturated carbocycles. The van der Waals surface area contributed by atoms with Crippen LogP contribution in [0.3, 0.4) is 0 Å². The highest BCUT2D eigenvalue weighted by atomic mass is 35.5. The Morgan fingerprint density at radius 3 is 2.60 bits per heavy atom. The number of hydrogen-bond acceptors (Lipinski definition) is 3. The standard InChI is InChI=1S/C11H12ClNO2/c12-8-4-10-9(14-5-15-10)3-7(8)11(13)6-1-2-6/h3-4,6,11H,1-2,5,13H2/t11-/m1/s1. The summed E-state index contributed by atoms with van der Waals surface area (Å²) in [5.74, 6) is 2.06. The minimum atomic E-state index is 0.0343. The van der Waals surface area contributed by atoms with Gasteiger partial charge in [-0.25, -0.2) is 0 Å². The van der Waals surface area contributed by atoms with Crippen molar-refractivity contribution in [3.8, 4) is 11.5 Å². The molecule has 0 aromatic heterocycles. The summed E-state index contributed by atoms with van der Waals surface area (Å²) in [7, 11) is 0. The maximum absolute atomic E-state index is 6.16. The van der Waals surface area contributed by atoms with Gasteiger partial charge < -0.3 is 15.2 Å². The normalized spacial score (nSPS) is 20.4. The Labute approximate surface area is 93.1 Å². The van der Waals surface area contributed by atoms with Gasteiger partial charge in [-0.05, 0) is 30.4 Å². The van der Waals surface area contributed by atoms with E-state index in [4.69, 9.17) is 26.8 Å². The largest absolute Gasteiger partial charge is 0.454 e. The van der Waals surface area contributed by atoms with Crippen molar-refractivity contribution < 1.29 is 9.47 Å². The molecule has 15 heavy (non-hydrogen) atoms. The van der Waals surface area contributed by atoms with E-state index in [0.717, 1.165) is 11.3 Å². The smallest absolute Gasteiger partial charge is 0.231 e. The highest BCUT2D eigenvalue weighted by Crippen LogP contribution is 2.45. The third kappa shape index (κ3) is 1.56. The Kier molecular flexibility index (Phi) is 2.04. The molecule has 3 nitrogen and oxygen atoms in total. The maximum Gasteiger partial charge on any atom is 0.231 e. The van der Waals surface area contributed by atoms with Crippen molar-refractivity contribution in [2.75, 3.05) is 6.79 Å². The molecule has 2 N–H and O–H groups in total. The van der Waals surface area contributed by atoms with Gasteiger partial charge in [0, 0.05) is 17.1 Å². The molecule has 1 heterocycles. The van der Waals surface area contributed by atoms with Crippen molar-refractivity contribution >= 4 is 11.6 Å². The van der Waals surface area contributed by atoms with Gasteiger partial charge in [-0.2, -0.15) is 0 Å². The molecule has 0 spiro atoms. The van der Waals surface area contributed by atoms with Crippen molar-refractivity contribution in [1.29, 1.82) is 0 Å². The molecule has 3 rings (SSSR count). The summed E-state index contributed by atoms with van der Waals surface area (Å²) in [6.07, 6.45) is 2.40. The van der Waals surface area contributed by atoms with Gasteiger partial charge in [-0.3, -0.25) is 0 Å². The van der Waals surface area contributed by atoms with E-state index in [0.29, 0.717) is 16.7 Å². The molecule has 0 saturated heterocycles. The SMILES string of the molecule is N[C@@H](c1cc2c(cc1Cl)OCO2)C1CC1. The Hall–Kier alpha value is -0.930. The maximum atomic E-state index is 6.16. The van der Waals surface area contributed by atoms with Gasteiger partial charge in [0.05, 0.1) is 0 Å². The van der Waals surface area contributed by atoms with E-state index < -0.39 is 0 Å². The molecule has 0 unspecified atom stereocenters. The van der Waals surface area contributed by atoms with Gasteiger partial charge in [0.1, 0.15) is 0 Å². The van der Waals surface area contributed by atoms with E-state index in [-0.39, 0.29) is 12.8 Å². The van der Waals surface area contributed by atoms with Crippen molar-refractivity contribution in [3.05, 3.63) is 22.7 Å². The molecule has 80 valence electrons. The van der Waals surface area contributed by atoms with Crippen LogP contribution < -0.4 is 15.2 Å².